The van der Waals surface area contributed by atoms with E-state index in [-0.39, 0.29) is 24.6 Å². The van der Waals surface area contributed by atoms with Crippen LogP contribution in [0.15, 0.2) is 36.9 Å². The number of nitriles is 1. The summed E-state index contributed by atoms with van der Waals surface area (Å²) in [6.45, 7) is 2.90. The Morgan fingerprint density at radius 1 is 1.10 bits per heavy atom. The predicted octanol–water partition coefficient (Wildman–Crippen LogP) is 2.90. The summed E-state index contributed by atoms with van der Waals surface area (Å²) in [6, 6.07) is 6.10. The van der Waals surface area contributed by atoms with Crippen molar-refractivity contribution in [1.82, 2.24) is 49.7 Å². The first-order valence-electron chi connectivity index (χ1n) is 15.3. The Labute approximate surface area is 284 Å². The summed E-state index contributed by atoms with van der Waals surface area (Å²) < 4.78 is 25.2. The number of pyridine rings is 2. The van der Waals surface area contributed by atoms with Gasteiger partial charge in [-0.3, -0.25) is 4.98 Å². The lowest BCUT2D eigenvalue weighted by Crippen LogP contribution is -2.37. The normalized spacial score (nSPS) is 18.1. The molecule has 0 bridgehead atoms. The molecular weight excluding hydrogens is 735 g/mol. The number of nitrogens with one attached hydrogen (secondary N) is 1. The second-order valence-corrected chi connectivity index (χ2v) is 12.7. The van der Waals surface area contributed by atoms with E-state index in [9.17, 15) is 8.28 Å². The van der Waals surface area contributed by atoms with Crippen LogP contribution in [-0.4, -0.2) is 88.1 Å². The molecule has 19 heteroatoms. The van der Waals surface area contributed by atoms with E-state index in [1.54, 1.807) is 17.8 Å². The van der Waals surface area contributed by atoms with E-state index >= 15 is 0 Å². The zero-order valence-corrected chi connectivity index (χ0v) is 28.0. The van der Waals surface area contributed by atoms with Gasteiger partial charge >= 0.3 is 0 Å². The van der Waals surface area contributed by atoms with Crippen LogP contribution in [-0.2, 0) is 21.4 Å². The van der Waals surface area contributed by atoms with Crippen LogP contribution < -0.4 is 18.2 Å². The van der Waals surface area contributed by atoms with Crippen LogP contribution in [0.4, 0.5) is 17.7 Å². The minimum atomic E-state index is -1.92. The number of morpholine rings is 1. The average molecular weight is 766 g/mol. The third-order valence-corrected chi connectivity index (χ3v) is 9.12. The molecule has 7 rings (SSSR count). The maximum Gasteiger partial charge on any atom is 0.264 e. The second kappa shape index (κ2) is 14.0. The number of rotatable bonds is 10. The summed E-state index contributed by atoms with van der Waals surface area (Å²) in [5.41, 5.74) is 2.44. The van der Waals surface area contributed by atoms with Crippen LogP contribution in [0.25, 0.3) is 22.3 Å². The quantitative estimate of drug-likeness (QED) is 0.123. The standard InChI is InChI=1S/C29H30IN14O4/c1-41-21(16-35-29(41)44(46)30-45)17-43-39-26(38-40-43)19-10-23-24(32-15-19)11-25(42-6-8-47-9-7-42)37-27(23)48-22-4-2-20(3-5-22)36-28-33-13-18(12-31)14-34-28/h10-11,13-16,20,22H,2-9,17H2,1H3,(H,33,34,36)/q-1. The van der Waals surface area contributed by atoms with Crippen molar-refractivity contribution in [3.8, 4) is 23.3 Å². The van der Waals surface area contributed by atoms with E-state index in [1.165, 1.54) is 23.4 Å². The second-order valence-electron chi connectivity index (χ2n) is 11.4. The van der Waals surface area contributed by atoms with Crippen molar-refractivity contribution in [2.24, 2.45) is 7.05 Å². The van der Waals surface area contributed by atoms with Crippen molar-refractivity contribution in [1.29, 1.82) is 5.26 Å². The molecule has 2 fully saturated rings. The van der Waals surface area contributed by atoms with Gasteiger partial charge in [-0.2, -0.15) is 15.0 Å². The van der Waals surface area contributed by atoms with E-state index in [4.69, 9.17) is 24.7 Å². The summed E-state index contributed by atoms with van der Waals surface area (Å²) in [4.78, 5) is 25.8. The number of hydrogen-bond donors (Lipinski definition) is 1. The Kier molecular flexibility index (Phi) is 9.26. The van der Waals surface area contributed by atoms with Gasteiger partial charge < -0.3 is 32.7 Å². The maximum atomic E-state index is 11.8. The van der Waals surface area contributed by atoms with E-state index in [1.807, 2.05) is 18.2 Å². The van der Waals surface area contributed by atoms with Crippen LogP contribution >= 0.6 is 21.5 Å². The summed E-state index contributed by atoms with van der Waals surface area (Å²) >= 11 is -1.92. The van der Waals surface area contributed by atoms with E-state index in [0.29, 0.717) is 51.0 Å². The zero-order chi connectivity index (χ0) is 33.0. The van der Waals surface area contributed by atoms with Crippen LogP contribution in [0.5, 0.6) is 5.88 Å². The third-order valence-electron chi connectivity index (χ3n) is 8.33. The number of halogens is 1. The van der Waals surface area contributed by atoms with Crippen molar-refractivity contribution in [3.63, 3.8) is 0 Å². The number of anilines is 3. The molecule has 0 amide bonds. The molecule has 5 aromatic heterocycles. The molecule has 0 aromatic carbocycles. The van der Waals surface area contributed by atoms with Crippen LogP contribution in [0.1, 0.15) is 36.9 Å². The smallest absolute Gasteiger partial charge is 0.264 e. The SMILES string of the molecule is Cn1c(Cn2nnc(-c3cnc4cc(N5CCOCC5)nc(OC5CCC(Nc6ncc(C#N)cn6)CC5)c4c3)n2)cnc1N([O-])I=O. The van der Waals surface area contributed by atoms with Gasteiger partial charge in [0.15, 0.2) is 0 Å². The molecule has 1 saturated carbocycles. The molecule has 5 aromatic rings. The van der Waals surface area contributed by atoms with Gasteiger partial charge in [0.2, 0.25) is 23.6 Å². The molecule has 0 spiro atoms. The molecule has 1 aliphatic carbocycles. The molecule has 0 radical (unpaired) electrons. The van der Waals surface area contributed by atoms with E-state index in [0.717, 1.165) is 55.5 Å². The summed E-state index contributed by atoms with van der Waals surface area (Å²) in [5.74, 6) is 2.21. The Bertz CT molecular complexity index is 1950. The highest BCUT2D eigenvalue weighted by Gasteiger charge is 2.25. The molecule has 0 unspecified atom stereocenters. The predicted molar refractivity (Wildman–Crippen MR) is 179 cm³/mol. The average Bonchev–Trinajstić information content (AvgIpc) is 3.75. The number of ether oxygens (including phenoxy) is 2. The van der Waals surface area contributed by atoms with Gasteiger partial charge in [0.05, 0.1) is 54.0 Å². The molecule has 6 heterocycles. The number of fused-ring (bicyclic) bond motifs is 1. The number of tetrazole rings is 1. The van der Waals surface area contributed by atoms with Gasteiger partial charge in [-0.25, -0.2) is 18.0 Å². The summed E-state index contributed by atoms with van der Waals surface area (Å²) in [6.07, 6.45) is 9.51. The summed E-state index contributed by atoms with van der Waals surface area (Å²) in [7, 11) is 1.67. The van der Waals surface area contributed by atoms with Gasteiger partial charge in [-0.15, -0.1) is 10.2 Å². The van der Waals surface area contributed by atoms with Crippen molar-refractivity contribution >= 4 is 50.1 Å². The minimum absolute atomic E-state index is 0.0548. The number of aromatic nitrogens is 10. The lowest BCUT2D eigenvalue weighted by molar-refractivity contribution is 0.122. The number of nitrogens with zero attached hydrogens (tertiary/aromatic N) is 13. The molecule has 1 N–H and O–H groups in total. The lowest BCUT2D eigenvalue weighted by Gasteiger charge is -2.31. The fourth-order valence-corrected chi connectivity index (χ4v) is 6.34. The van der Waals surface area contributed by atoms with Crippen molar-refractivity contribution < 1.29 is 12.5 Å². The van der Waals surface area contributed by atoms with Crippen molar-refractivity contribution in [3.05, 3.63) is 53.4 Å². The van der Waals surface area contributed by atoms with Crippen molar-refractivity contribution in [2.45, 2.75) is 44.4 Å². The largest absolute Gasteiger partial charge is 0.745 e. The first kappa shape index (κ1) is 31.6. The molecule has 1 aliphatic heterocycles. The Hall–Kier alpha value is -4.94. The highest BCUT2D eigenvalue weighted by atomic mass is 127. The van der Waals surface area contributed by atoms with Crippen LogP contribution in [0.3, 0.4) is 0 Å². The van der Waals surface area contributed by atoms with E-state index < -0.39 is 21.5 Å². The number of imidazole rings is 1. The van der Waals surface area contributed by atoms with Gasteiger partial charge in [0.25, 0.3) is 21.5 Å². The monoisotopic (exact) mass is 765 g/mol. The highest BCUT2D eigenvalue weighted by Crippen LogP contribution is 2.33. The number of hydrogen-bond acceptors (Lipinski definition) is 15. The fourth-order valence-electron chi connectivity index (χ4n) is 5.72. The molecule has 18 nitrogen and oxygen atoms in total. The fraction of sp³-hybridized carbons (Fsp3) is 0.414. The van der Waals surface area contributed by atoms with Gasteiger partial charge in [0, 0.05) is 44.0 Å². The molecule has 1 saturated heterocycles. The van der Waals surface area contributed by atoms with Gasteiger partial charge in [0.1, 0.15) is 24.5 Å². The molecule has 0 atom stereocenters. The van der Waals surface area contributed by atoms with Crippen LogP contribution in [0.2, 0.25) is 0 Å². The topological polar surface area (TPSA) is 214 Å². The Morgan fingerprint density at radius 2 is 1.90 bits per heavy atom. The first-order valence-corrected chi connectivity index (χ1v) is 17.1. The van der Waals surface area contributed by atoms with Crippen LogP contribution in [0, 0.1) is 16.5 Å². The van der Waals surface area contributed by atoms with Gasteiger partial charge in [-0.1, -0.05) is 0 Å². The Morgan fingerprint density at radius 3 is 2.65 bits per heavy atom. The lowest BCUT2D eigenvalue weighted by atomic mass is 9.93. The highest BCUT2D eigenvalue weighted by molar-refractivity contribution is 14.1. The molecule has 48 heavy (non-hydrogen) atoms. The zero-order valence-electron chi connectivity index (χ0n) is 25.8. The maximum absolute atomic E-state index is 11.8. The molecule has 248 valence electrons. The molecular formula is C29H30IN14O4-. The van der Waals surface area contributed by atoms with Gasteiger partial charge in [-0.05, 0) is 37.0 Å². The molecule has 2 aliphatic rings. The first-order chi connectivity index (χ1) is 23.5. The van der Waals surface area contributed by atoms with E-state index in [2.05, 4.69) is 40.6 Å². The van der Waals surface area contributed by atoms with Crippen molar-refractivity contribution in [2.75, 3.05) is 39.8 Å². The Balaban J connectivity index is 1.11. The third kappa shape index (κ3) is 6.85. The minimum Gasteiger partial charge on any atom is -0.745 e. The summed E-state index contributed by atoms with van der Waals surface area (Å²) in [5, 5.41) is 37.9.